The van der Waals surface area contributed by atoms with Crippen molar-refractivity contribution in [3.8, 4) is 0 Å². The standard InChI is InChI=1S/C10H11N3S/c1-14-10-12-8-6-11-5-4-9(8)13(10)7-2-3-7/h4-7H,2-3H2,1H3. The number of aromatic nitrogens is 3. The molecule has 0 radical (unpaired) electrons. The molecule has 0 aliphatic heterocycles. The lowest BCUT2D eigenvalue weighted by Gasteiger charge is -2.03. The number of pyridine rings is 1. The first-order chi connectivity index (χ1) is 6.90. The summed E-state index contributed by atoms with van der Waals surface area (Å²) in [5.74, 6) is 0. The van der Waals surface area contributed by atoms with E-state index in [0.29, 0.717) is 6.04 Å². The van der Waals surface area contributed by atoms with E-state index in [4.69, 9.17) is 0 Å². The van der Waals surface area contributed by atoms with Gasteiger partial charge in [0.05, 0.1) is 11.7 Å². The molecule has 0 spiro atoms. The summed E-state index contributed by atoms with van der Waals surface area (Å²) in [7, 11) is 0. The Labute approximate surface area is 86.5 Å². The Morgan fingerprint density at radius 2 is 2.36 bits per heavy atom. The molecule has 0 aromatic carbocycles. The molecule has 1 aliphatic carbocycles. The molecule has 0 unspecified atom stereocenters. The first-order valence-corrected chi connectivity index (χ1v) is 5.98. The molecule has 1 fully saturated rings. The highest BCUT2D eigenvalue weighted by atomic mass is 32.2. The van der Waals surface area contributed by atoms with Gasteiger partial charge in [-0.25, -0.2) is 4.98 Å². The van der Waals surface area contributed by atoms with Gasteiger partial charge in [0.2, 0.25) is 0 Å². The fraction of sp³-hybridized carbons (Fsp3) is 0.400. The SMILES string of the molecule is CSc1nc2cnccc2n1C1CC1. The zero-order chi connectivity index (χ0) is 9.54. The second kappa shape index (κ2) is 2.98. The third-order valence-electron chi connectivity index (χ3n) is 2.55. The van der Waals surface area contributed by atoms with Gasteiger partial charge >= 0.3 is 0 Å². The molecule has 3 nitrogen and oxygen atoms in total. The van der Waals surface area contributed by atoms with E-state index in [2.05, 4.69) is 26.9 Å². The molecule has 1 aliphatic rings. The van der Waals surface area contributed by atoms with Crippen molar-refractivity contribution in [1.82, 2.24) is 14.5 Å². The van der Waals surface area contributed by atoms with E-state index in [1.165, 1.54) is 18.4 Å². The van der Waals surface area contributed by atoms with Gasteiger partial charge in [0.15, 0.2) is 5.16 Å². The van der Waals surface area contributed by atoms with Gasteiger partial charge in [-0.15, -0.1) is 0 Å². The maximum absolute atomic E-state index is 4.56. The van der Waals surface area contributed by atoms with Crippen molar-refractivity contribution in [2.45, 2.75) is 24.0 Å². The fourth-order valence-corrected chi connectivity index (χ4v) is 2.39. The molecule has 0 saturated heterocycles. The molecular formula is C10H11N3S. The van der Waals surface area contributed by atoms with Crippen molar-refractivity contribution < 1.29 is 0 Å². The largest absolute Gasteiger partial charge is 0.316 e. The van der Waals surface area contributed by atoms with Gasteiger partial charge < -0.3 is 4.57 Å². The topological polar surface area (TPSA) is 30.7 Å². The quantitative estimate of drug-likeness (QED) is 0.706. The molecule has 72 valence electrons. The Morgan fingerprint density at radius 1 is 1.50 bits per heavy atom. The second-order valence-corrected chi connectivity index (χ2v) is 4.34. The van der Waals surface area contributed by atoms with Gasteiger partial charge in [-0.3, -0.25) is 4.98 Å². The number of hydrogen-bond donors (Lipinski definition) is 0. The molecule has 2 aromatic rings. The van der Waals surface area contributed by atoms with Crippen molar-refractivity contribution in [3.05, 3.63) is 18.5 Å². The van der Waals surface area contributed by atoms with Crippen molar-refractivity contribution in [2.24, 2.45) is 0 Å². The van der Waals surface area contributed by atoms with Crippen LogP contribution in [0.4, 0.5) is 0 Å². The summed E-state index contributed by atoms with van der Waals surface area (Å²) < 4.78 is 2.35. The van der Waals surface area contributed by atoms with Crippen molar-refractivity contribution in [2.75, 3.05) is 6.26 Å². The first-order valence-electron chi connectivity index (χ1n) is 4.76. The third kappa shape index (κ3) is 1.14. The Hall–Kier alpha value is -1.03. The summed E-state index contributed by atoms with van der Waals surface area (Å²) in [6.45, 7) is 0. The van der Waals surface area contributed by atoms with Crippen LogP contribution >= 0.6 is 11.8 Å². The normalized spacial score (nSPS) is 16.4. The molecular weight excluding hydrogens is 194 g/mol. The van der Waals surface area contributed by atoms with Crippen LogP contribution < -0.4 is 0 Å². The minimum atomic E-state index is 0.685. The monoisotopic (exact) mass is 205 g/mol. The smallest absolute Gasteiger partial charge is 0.169 e. The van der Waals surface area contributed by atoms with E-state index in [9.17, 15) is 0 Å². The lowest BCUT2D eigenvalue weighted by Crippen LogP contribution is -1.95. The molecule has 0 bridgehead atoms. The van der Waals surface area contributed by atoms with Crippen LogP contribution in [0.3, 0.4) is 0 Å². The molecule has 0 N–H and O–H groups in total. The lowest BCUT2D eigenvalue weighted by molar-refractivity contribution is 0.685. The van der Waals surface area contributed by atoms with Crippen molar-refractivity contribution >= 4 is 22.8 Å². The maximum atomic E-state index is 4.56. The highest BCUT2D eigenvalue weighted by molar-refractivity contribution is 7.98. The average molecular weight is 205 g/mol. The summed E-state index contributed by atoms with van der Waals surface area (Å²) in [4.78, 5) is 8.65. The summed E-state index contributed by atoms with van der Waals surface area (Å²) in [5.41, 5.74) is 2.25. The summed E-state index contributed by atoms with van der Waals surface area (Å²) in [6, 6.07) is 2.74. The van der Waals surface area contributed by atoms with E-state index < -0.39 is 0 Å². The maximum Gasteiger partial charge on any atom is 0.169 e. The van der Waals surface area contributed by atoms with E-state index in [0.717, 1.165) is 10.7 Å². The molecule has 0 amide bonds. The number of rotatable bonds is 2. The second-order valence-electron chi connectivity index (χ2n) is 3.56. The predicted molar refractivity (Wildman–Crippen MR) is 57.6 cm³/mol. The molecule has 4 heteroatoms. The average Bonchev–Trinajstić information content (AvgIpc) is 2.98. The van der Waals surface area contributed by atoms with E-state index in [-0.39, 0.29) is 0 Å². The van der Waals surface area contributed by atoms with Gasteiger partial charge in [0.25, 0.3) is 0 Å². The zero-order valence-corrected chi connectivity index (χ0v) is 8.79. The Kier molecular flexibility index (Phi) is 1.77. The van der Waals surface area contributed by atoms with E-state index in [1.807, 2.05) is 12.4 Å². The predicted octanol–water partition coefficient (Wildman–Crippen LogP) is 2.49. The van der Waals surface area contributed by atoms with Gasteiger partial charge in [-0.1, -0.05) is 11.8 Å². The fourth-order valence-electron chi connectivity index (χ4n) is 1.76. The Bertz CT molecular complexity index is 473. The summed E-state index contributed by atoms with van der Waals surface area (Å²) >= 11 is 1.71. The molecule has 2 aromatic heterocycles. The number of fused-ring (bicyclic) bond motifs is 1. The molecule has 1 saturated carbocycles. The lowest BCUT2D eigenvalue weighted by atomic mass is 10.4. The highest BCUT2D eigenvalue weighted by Crippen LogP contribution is 2.40. The van der Waals surface area contributed by atoms with Crippen LogP contribution in [0.2, 0.25) is 0 Å². The van der Waals surface area contributed by atoms with Crippen LogP contribution in [-0.2, 0) is 0 Å². The zero-order valence-electron chi connectivity index (χ0n) is 7.97. The number of nitrogens with zero attached hydrogens (tertiary/aromatic N) is 3. The summed E-state index contributed by atoms with van der Waals surface area (Å²) in [6.07, 6.45) is 8.34. The third-order valence-corrected chi connectivity index (χ3v) is 3.21. The van der Waals surface area contributed by atoms with E-state index >= 15 is 0 Å². The molecule has 3 rings (SSSR count). The minimum absolute atomic E-state index is 0.685. The van der Waals surface area contributed by atoms with Crippen molar-refractivity contribution in [1.29, 1.82) is 0 Å². The highest BCUT2D eigenvalue weighted by Gasteiger charge is 2.27. The molecule has 14 heavy (non-hydrogen) atoms. The molecule has 2 heterocycles. The first kappa shape index (κ1) is 8.29. The van der Waals surface area contributed by atoms with Gasteiger partial charge in [0.1, 0.15) is 5.52 Å². The van der Waals surface area contributed by atoms with Gasteiger partial charge in [0, 0.05) is 12.2 Å². The van der Waals surface area contributed by atoms with Crippen LogP contribution in [-0.4, -0.2) is 20.8 Å². The van der Waals surface area contributed by atoms with Gasteiger partial charge in [-0.05, 0) is 25.2 Å². The van der Waals surface area contributed by atoms with Crippen LogP contribution in [0.25, 0.3) is 11.0 Å². The minimum Gasteiger partial charge on any atom is -0.316 e. The van der Waals surface area contributed by atoms with Crippen molar-refractivity contribution in [3.63, 3.8) is 0 Å². The summed E-state index contributed by atoms with van der Waals surface area (Å²) in [5, 5.41) is 1.12. The molecule has 0 atom stereocenters. The van der Waals surface area contributed by atoms with E-state index in [1.54, 1.807) is 11.8 Å². The van der Waals surface area contributed by atoms with Crippen LogP contribution in [0.1, 0.15) is 18.9 Å². The van der Waals surface area contributed by atoms with Crippen LogP contribution in [0.15, 0.2) is 23.6 Å². The Balaban J connectivity index is 2.29. The van der Waals surface area contributed by atoms with Crippen LogP contribution in [0.5, 0.6) is 0 Å². The number of hydrogen-bond acceptors (Lipinski definition) is 3. The Morgan fingerprint density at radius 3 is 3.07 bits per heavy atom. The van der Waals surface area contributed by atoms with Gasteiger partial charge in [-0.2, -0.15) is 0 Å². The number of thioether (sulfide) groups is 1. The van der Waals surface area contributed by atoms with Crippen LogP contribution in [0, 0.1) is 0 Å². The number of imidazole rings is 1.